The van der Waals surface area contributed by atoms with Crippen molar-refractivity contribution in [1.82, 2.24) is 10.2 Å². The summed E-state index contributed by atoms with van der Waals surface area (Å²) in [5.74, 6) is -0.847. The summed E-state index contributed by atoms with van der Waals surface area (Å²) >= 11 is 0. The quantitative estimate of drug-likeness (QED) is 0.503. The van der Waals surface area contributed by atoms with Gasteiger partial charge < -0.3 is 16.0 Å². The Balaban J connectivity index is 2.04. The molecule has 0 aromatic carbocycles. The molecule has 1 heterocycles. The summed E-state index contributed by atoms with van der Waals surface area (Å²) < 4.78 is 0. The average molecular weight is 420 g/mol. The number of hydrogen-bond acceptors (Lipinski definition) is 3. The molecule has 2 aliphatic rings. The normalized spacial score (nSPS) is 22.6. The van der Waals surface area contributed by atoms with Gasteiger partial charge in [-0.25, -0.2) is 0 Å². The van der Waals surface area contributed by atoms with Gasteiger partial charge in [0.2, 0.25) is 17.7 Å². The van der Waals surface area contributed by atoms with Crippen molar-refractivity contribution in [3.05, 3.63) is 12.7 Å². The molecule has 3 amide bonds. The minimum atomic E-state index is -0.593. The van der Waals surface area contributed by atoms with E-state index in [9.17, 15) is 14.4 Å². The Hall–Kier alpha value is -1.85. The van der Waals surface area contributed by atoms with E-state index in [-0.39, 0.29) is 17.7 Å². The fourth-order valence-corrected chi connectivity index (χ4v) is 5.00. The van der Waals surface area contributed by atoms with Crippen molar-refractivity contribution in [1.29, 1.82) is 0 Å². The SMILES string of the molecule is C=CC[C@H](C(N)=O)[C@@H](CC(C)C)C(=O)N[C@H]1CCCCN(CCC2CCCC2)C1=O. The van der Waals surface area contributed by atoms with Crippen molar-refractivity contribution in [2.24, 2.45) is 29.4 Å². The number of carbonyl (C=O) groups excluding carboxylic acids is 3. The number of hydrogen-bond donors (Lipinski definition) is 2. The molecule has 0 aromatic heterocycles. The summed E-state index contributed by atoms with van der Waals surface area (Å²) in [5.41, 5.74) is 5.60. The second-order valence-electron chi connectivity index (χ2n) is 9.59. The summed E-state index contributed by atoms with van der Waals surface area (Å²) in [6.45, 7) is 9.30. The van der Waals surface area contributed by atoms with Gasteiger partial charge in [-0.2, -0.15) is 0 Å². The highest BCUT2D eigenvalue weighted by atomic mass is 16.2. The van der Waals surface area contributed by atoms with Crippen molar-refractivity contribution in [3.8, 4) is 0 Å². The number of primary amides is 1. The lowest BCUT2D eigenvalue weighted by Crippen LogP contribution is -2.51. The average Bonchev–Trinajstić information content (AvgIpc) is 3.15. The van der Waals surface area contributed by atoms with Gasteiger partial charge in [-0.1, -0.05) is 45.6 Å². The Labute approximate surface area is 182 Å². The number of allylic oxidation sites excluding steroid dienone is 1. The standard InChI is InChI=1S/C24H41N3O3/c1-4-9-19(22(25)28)20(16-17(2)3)23(29)26-21-12-7-8-14-27(24(21)30)15-13-18-10-5-6-11-18/h4,17-21H,1,5-16H2,2-3H3,(H2,25,28)(H,26,29)/t19-,20+,21-/m0/s1. The number of nitrogens with one attached hydrogen (secondary N) is 1. The van der Waals surface area contributed by atoms with Crippen LogP contribution in [-0.2, 0) is 14.4 Å². The zero-order chi connectivity index (χ0) is 22.1. The third-order valence-corrected chi connectivity index (χ3v) is 6.71. The molecular weight excluding hydrogens is 378 g/mol. The number of carbonyl (C=O) groups is 3. The van der Waals surface area contributed by atoms with E-state index in [1.54, 1.807) is 6.08 Å². The largest absolute Gasteiger partial charge is 0.369 e. The first kappa shape index (κ1) is 24.4. The lowest BCUT2D eigenvalue weighted by atomic mass is 9.82. The first-order chi connectivity index (χ1) is 14.3. The van der Waals surface area contributed by atoms with Gasteiger partial charge in [-0.3, -0.25) is 14.4 Å². The predicted octanol–water partition coefficient (Wildman–Crippen LogP) is 3.40. The highest BCUT2D eigenvalue weighted by Gasteiger charge is 2.35. The Morgan fingerprint density at radius 1 is 1.17 bits per heavy atom. The van der Waals surface area contributed by atoms with Crippen LogP contribution in [0.2, 0.25) is 0 Å². The fraction of sp³-hybridized carbons (Fsp3) is 0.792. The van der Waals surface area contributed by atoms with E-state index in [0.29, 0.717) is 19.3 Å². The molecule has 0 unspecified atom stereocenters. The maximum Gasteiger partial charge on any atom is 0.245 e. The molecule has 1 aliphatic heterocycles. The number of rotatable bonds is 11. The summed E-state index contributed by atoms with van der Waals surface area (Å²) in [7, 11) is 0. The molecule has 1 saturated carbocycles. The highest BCUT2D eigenvalue weighted by Crippen LogP contribution is 2.28. The highest BCUT2D eigenvalue weighted by molar-refractivity contribution is 5.91. The molecule has 0 aromatic rings. The first-order valence-electron chi connectivity index (χ1n) is 11.8. The molecule has 6 heteroatoms. The molecule has 2 fully saturated rings. The van der Waals surface area contributed by atoms with Crippen LogP contribution in [0.25, 0.3) is 0 Å². The zero-order valence-electron chi connectivity index (χ0n) is 18.9. The van der Waals surface area contributed by atoms with E-state index in [1.807, 2.05) is 18.7 Å². The number of nitrogens with two attached hydrogens (primary N) is 1. The third-order valence-electron chi connectivity index (χ3n) is 6.71. The fourth-order valence-electron chi connectivity index (χ4n) is 5.00. The van der Waals surface area contributed by atoms with Crippen LogP contribution in [-0.4, -0.2) is 41.8 Å². The van der Waals surface area contributed by atoms with Crippen LogP contribution in [0.15, 0.2) is 12.7 Å². The maximum atomic E-state index is 13.2. The number of likely N-dealkylation sites (tertiary alicyclic amines) is 1. The lowest BCUT2D eigenvalue weighted by molar-refractivity contribution is -0.139. The van der Waals surface area contributed by atoms with Gasteiger partial charge in [-0.05, 0) is 50.4 Å². The van der Waals surface area contributed by atoms with E-state index in [1.165, 1.54) is 25.7 Å². The molecule has 3 N–H and O–H groups in total. The van der Waals surface area contributed by atoms with Gasteiger partial charge in [0.15, 0.2) is 0 Å². The Kier molecular flexibility index (Phi) is 9.86. The van der Waals surface area contributed by atoms with Gasteiger partial charge in [0, 0.05) is 13.1 Å². The van der Waals surface area contributed by atoms with Crippen LogP contribution in [0.5, 0.6) is 0 Å². The summed E-state index contributed by atoms with van der Waals surface area (Å²) in [6.07, 6.45) is 11.3. The van der Waals surface area contributed by atoms with Crippen molar-refractivity contribution >= 4 is 17.7 Å². The van der Waals surface area contributed by atoms with Crippen molar-refractivity contribution in [2.75, 3.05) is 13.1 Å². The van der Waals surface area contributed by atoms with E-state index < -0.39 is 23.8 Å². The molecule has 6 nitrogen and oxygen atoms in total. The topological polar surface area (TPSA) is 92.5 Å². The molecule has 30 heavy (non-hydrogen) atoms. The van der Waals surface area contributed by atoms with Crippen molar-refractivity contribution in [3.63, 3.8) is 0 Å². The Morgan fingerprint density at radius 2 is 1.83 bits per heavy atom. The van der Waals surface area contributed by atoms with Crippen LogP contribution in [0, 0.1) is 23.7 Å². The Morgan fingerprint density at radius 3 is 2.43 bits per heavy atom. The molecule has 170 valence electrons. The van der Waals surface area contributed by atoms with E-state index in [2.05, 4.69) is 11.9 Å². The van der Waals surface area contributed by atoms with Crippen LogP contribution < -0.4 is 11.1 Å². The summed E-state index contributed by atoms with van der Waals surface area (Å²) in [6, 6.07) is -0.504. The van der Waals surface area contributed by atoms with Crippen LogP contribution in [0.3, 0.4) is 0 Å². The first-order valence-corrected chi connectivity index (χ1v) is 11.8. The summed E-state index contributed by atoms with van der Waals surface area (Å²) in [5, 5.41) is 2.99. The molecular formula is C24H41N3O3. The van der Waals surface area contributed by atoms with Gasteiger partial charge in [0.05, 0.1) is 11.8 Å². The molecule has 3 atom stereocenters. The van der Waals surface area contributed by atoms with Gasteiger partial charge >= 0.3 is 0 Å². The smallest absolute Gasteiger partial charge is 0.245 e. The number of nitrogens with zero attached hydrogens (tertiary/aromatic N) is 1. The molecule has 1 aliphatic carbocycles. The molecule has 1 saturated heterocycles. The van der Waals surface area contributed by atoms with Crippen LogP contribution >= 0.6 is 0 Å². The van der Waals surface area contributed by atoms with Crippen LogP contribution in [0.4, 0.5) is 0 Å². The van der Waals surface area contributed by atoms with E-state index in [0.717, 1.165) is 38.3 Å². The number of amides is 3. The lowest BCUT2D eigenvalue weighted by Gasteiger charge is -2.29. The van der Waals surface area contributed by atoms with Crippen molar-refractivity contribution in [2.45, 2.75) is 84.1 Å². The third kappa shape index (κ3) is 7.13. The van der Waals surface area contributed by atoms with E-state index >= 15 is 0 Å². The zero-order valence-corrected chi connectivity index (χ0v) is 18.9. The molecule has 0 spiro atoms. The molecule has 0 radical (unpaired) electrons. The molecule has 2 rings (SSSR count). The predicted molar refractivity (Wildman–Crippen MR) is 119 cm³/mol. The van der Waals surface area contributed by atoms with Crippen LogP contribution in [0.1, 0.15) is 78.1 Å². The van der Waals surface area contributed by atoms with E-state index in [4.69, 9.17) is 5.73 Å². The summed E-state index contributed by atoms with van der Waals surface area (Å²) in [4.78, 5) is 40.3. The minimum Gasteiger partial charge on any atom is -0.369 e. The maximum absolute atomic E-state index is 13.2. The Bertz CT molecular complexity index is 599. The van der Waals surface area contributed by atoms with Gasteiger partial charge in [0.1, 0.15) is 6.04 Å². The monoisotopic (exact) mass is 419 g/mol. The molecule has 0 bridgehead atoms. The second-order valence-corrected chi connectivity index (χ2v) is 9.59. The van der Waals surface area contributed by atoms with Crippen molar-refractivity contribution < 1.29 is 14.4 Å². The van der Waals surface area contributed by atoms with Gasteiger partial charge in [-0.15, -0.1) is 6.58 Å². The minimum absolute atomic E-state index is 0.0292. The second kappa shape index (κ2) is 12.1. The van der Waals surface area contributed by atoms with Gasteiger partial charge in [0.25, 0.3) is 0 Å².